The first-order chi connectivity index (χ1) is 14.3. The molecule has 5 atom stereocenters. The van der Waals surface area contributed by atoms with Crippen LogP contribution in [0.2, 0.25) is 0 Å². The van der Waals surface area contributed by atoms with Gasteiger partial charge in [0.15, 0.2) is 5.79 Å². The summed E-state index contributed by atoms with van der Waals surface area (Å²) >= 11 is 0. The number of aromatic amines is 1. The molecule has 9 heteroatoms. The van der Waals surface area contributed by atoms with Crippen molar-refractivity contribution in [3.63, 3.8) is 0 Å². The molecule has 4 rings (SSSR count). The Morgan fingerprint density at radius 2 is 2.00 bits per heavy atom. The molecule has 164 valence electrons. The van der Waals surface area contributed by atoms with Gasteiger partial charge in [0.1, 0.15) is 18.0 Å². The van der Waals surface area contributed by atoms with Crippen LogP contribution >= 0.6 is 0 Å². The van der Waals surface area contributed by atoms with Gasteiger partial charge in [-0.3, -0.25) is 4.79 Å². The molecule has 0 aliphatic carbocycles. The summed E-state index contributed by atoms with van der Waals surface area (Å²) in [5.74, 6) is -0.0442. The first kappa shape index (κ1) is 21.2. The molecule has 2 saturated heterocycles. The molecule has 0 saturated carbocycles. The average Bonchev–Trinajstić information content (AvgIpc) is 3.32. The van der Waals surface area contributed by atoms with Crippen LogP contribution in [0.3, 0.4) is 0 Å². The number of nitrogens with one attached hydrogen (secondary N) is 3. The molecule has 2 aromatic rings. The average molecular weight is 418 g/mol. The third kappa shape index (κ3) is 4.81. The molecule has 2 aliphatic heterocycles. The van der Waals surface area contributed by atoms with Crippen molar-refractivity contribution in [3.05, 3.63) is 30.1 Å². The molecular formula is C21H30N4O5. The number of amides is 1. The van der Waals surface area contributed by atoms with Gasteiger partial charge in [-0.15, -0.1) is 0 Å². The zero-order chi connectivity index (χ0) is 21.3. The number of nitrogens with zero attached hydrogens (tertiary/aromatic N) is 1. The number of aromatic nitrogens is 2. The van der Waals surface area contributed by atoms with E-state index < -0.39 is 18.0 Å². The van der Waals surface area contributed by atoms with Gasteiger partial charge in [0, 0.05) is 13.1 Å². The van der Waals surface area contributed by atoms with E-state index in [-0.39, 0.29) is 37.2 Å². The van der Waals surface area contributed by atoms with Gasteiger partial charge in [0.05, 0.1) is 42.3 Å². The van der Waals surface area contributed by atoms with Crippen molar-refractivity contribution in [1.29, 1.82) is 0 Å². The Hall–Kier alpha value is -2.04. The van der Waals surface area contributed by atoms with Crippen molar-refractivity contribution in [2.24, 2.45) is 0 Å². The summed E-state index contributed by atoms with van der Waals surface area (Å²) in [4.78, 5) is 20.1. The topological polar surface area (TPSA) is 118 Å². The van der Waals surface area contributed by atoms with Crippen LogP contribution in [0.25, 0.3) is 11.0 Å². The Morgan fingerprint density at radius 3 is 2.73 bits per heavy atom. The Bertz CT molecular complexity index is 850. The third-order valence-corrected chi connectivity index (χ3v) is 5.30. The number of carbonyl (C=O) groups is 1. The van der Waals surface area contributed by atoms with Gasteiger partial charge < -0.3 is 34.9 Å². The number of aliphatic hydroxyl groups excluding tert-OH is 1. The number of hydrogen-bond acceptors (Lipinski definition) is 7. The normalized spacial score (nSPS) is 28.5. The van der Waals surface area contributed by atoms with Crippen molar-refractivity contribution in [3.8, 4) is 0 Å². The van der Waals surface area contributed by atoms with Crippen molar-refractivity contribution < 1.29 is 24.1 Å². The fraction of sp³-hybridized carbons (Fsp3) is 0.619. The fourth-order valence-corrected chi connectivity index (χ4v) is 4.04. The first-order valence-electron chi connectivity index (χ1n) is 10.4. The third-order valence-electron chi connectivity index (χ3n) is 5.30. The van der Waals surface area contributed by atoms with Gasteiger partial charge in [0.25, 0.3) is 0 Å². The summed E-state index contributed by atoms with van der Waals surface area (Å²) < 4.78 is 18.2. The minimum absolute atomic E-state index is 0.160. The molecule has 1 aromatic carbocycles. The number of ether oxygens (including phenoxy) is 3. The van der Waals surface area contributed by atoms with E-state index in [1.165, 1.54) is 0 Å². The SMILES string of the molecule is C[C@@H](O)CNC(=O)C[C@H]1O[C@@H](CNCc2nc3ccccc3[nH]2)[C@H]2OC(C)(C)O[C@H]21. The van der Waals surface area contributed by atoms with Gasteiger partial charge in [0.2, 0.25) is 5.91 Å². The molecule has 3 heterocycles. The Morgan fingerprint density at radius 1 is 1.27 bits per heavy atom. The quantitative estimate of drug-likeness (QED) is 0.501. The minimum Gasteiger partial charge on any atom is -0.392 e. The molecule has 4 N–H and O–H groups in total. The number of hydrogen-bond donors (Lipinski definition) is 4. The number of H-pyrrole nitrogens is 1. The highest BCUT2D eigenvalue weighted by Crippen LogP contribution is 2.39. The van der Waals surface area contributed by atoms with E-state index in [2.05, 4.69) is 20.6 Å². The first-order valence-corrected chi connectivity index (χ1v) is 10.4. The standard InChI is InChI=1S/C21H30N4O5/c1-12(26)9-23-18(27)8-15-19-20(30-21(2,3)29-19)16(28-15)10-22-11-17-24-13-6-4-5-7-14(13)25-17/h4-7,12,15-16,19-20,22,26H,8-11H2,1-3H3,(H,23,27)(H,24,25)/t12-,15-,16+,19+,20-/m1/s1. The smallest absolute Gasteiger partial charge is 0.222 e. The molecule has 0 spiro atoms. The second-order valence-electron chi connectivity index (χ2n) is 8.47. The van der Waals surface area contributed by atoms with Crippen LogP contribution in [0.1, 0.15) is 33.0 Å². The van der Waals surface area contributed by atoms with Crippen LogP contribution in [-0.4, -0.2) is 70.4 Å². The summed E-state index contributed by atoms with van der Waals surface area (Å²) in [5, 5.41) is 15.4. The predicted molar refractivity (Wildman–Crippen MR) is 110 cm³/mol. The highest BCUT2D eigenvalue weighted by Gasteiger charge is 2.55. The van der Waals surface area contributed by atoms with Gasteiger partial charge in [-0.05, 0) is 32.9 Å². The maximum atomic E-state index is 12.2. The Kier molecular flexibility index (Phi) is 6.08. The lowest BCUT2D eigenvalue weighted by Gasteiger charge is -2.24. The van der Waals surface area contributed by atoms with Gasteiger partial charge in [-0.25, -0.2) is 4.98 Å². The largest absolute Gasteiger partial charge is 0.392 e. The summed E-state index contributed by atoms with van der Waals surface area (Å²) in [6, 6.07) is 7.90. The van der Waals surface area contributed by atoms with Gasteiger partial charge in [-0.1, -0.05) is 12.1 Å². The summed E-state index contributed by atoms with van der Waals surface area (Å²) in [7, 11) is 0. The van der Waals surface area contributed by atoms with Crippen LogP contribution in [-0.2, 0) is 25.5 Å². The van der Waals surface area contributed by atoms with E-state index in [4.69, 9.17) is 14.2 Å². The summed E-state index contributed by atoms with van der Waals surface area (Å²) in [5.41, 5.74) is 1.94. The lowest BCUT2D eigenvalue weighted by molar-refractivity contribution is -0.187. The highest BCUT2D eigenvalue weighted by molar-refractivity contribution is 5.76. The van der Waals surface area contributed by atoms with E-state index in [0.717, 1.165) is 16.9 Å². The Labute approximate surface area is 175 Å². The summed E-state index contributed by atoms with van der Waals surface area (Å²) in [6.07, 6.45) is -1.63. The van der Waals surface area contributed by atoms with E-state index in [1.807, 2.05) is 38.1 Å². The maximum absolute atomic E-state index is 12.2. The zero-order valence-corrected chi connectivity index (χ0v) is 17.6. The molecule has 9 nitrogen and oxygen atoms in total. The number of imidazole rings is 1. The van der Waals surface area contributed by atoms with Crippen LogP contribution in [0, 0.1) is 0 Å². The number of aliphatic hydroxyl groups is 1. The monoisotopic (exact) mass is 418 g/mol. The van der Waals surface area contributed by atoms with Crippen molar-refractivity contribution >= 4 is 16.9 Å². The van der Waals surface area contributed by atoms with Gasteiger partial charge in [-0.2, -0.15) is 0 Å². The molecular weight excluding hydrogens is 388 g/mol. The number of benzene rings is 1. The van der Waals surface area contributed by atoms with Gasteiger partial charge >= 0.3 is 0 Å². The highest BCUT2D eigenvalue weighted by atomic mass is 16.8. The molecule has 1 aromatic heterocycles. The number of rotatable bonds is 8. The van der Waals surface area contributed by atoms with Crippen molar-refractivity contribution in [1.82, 2.24) is 20.6 Å². The van der Waals surface area contributed by atoms with Crippen LogP contribution in [0.5, 0.6) is 0 Å². The number of carbonyl (C=O) groups excluding carboxylic acids is 1. The molecule has 0 bridgehead atoms. The molecule has 2 aliphatic rings. The summed E-state index contributed by atoms with van der Waals surface area (Å²) in [6.45, 7) is 6.69. The minimum atomic E-state index is -0.718. The van der Waals surface area contributed by atoms with E-state index in [9.17, 15) is 9.90 Å². The molecule has 30 heavy (non-hydrogen) atoms. The van der Waals surface area contributed by atoms with E-state index >= 15 is 0 Å². The Balaban J connectivity index is 1.34. The lowest BCUT2D eigenvalue weighted by Crippen LogP contribution is -2.37. The van der Waals surface area contributed by atoms with Crippen molar-refractivity contribution in [2.45, 2.75) is 70.0 Å². The molecule has 2 fully saturated rings. The second-order valence-corrected chi connectivity index (χ2v) is 8.47. The molecule has 0 unspecified atom stereocenters. The van der Waals surface area contributed by atoms with E-state index in [0.29, 0.717) is 13.1 Å². The van der Waals surface area contributed by atoms with Crippen LogP contribution in [0.15, 0.2) is 24.3 Å². The second kappa shape index (κ2) is 8.60. The van der Waals surface area contributed by atoms with Crippen LogP contribution < -0.4 is 10.6 Å². The van der Waals surface area contributed by atoms with Crippen LogP contribution in [0.4, 0.5) is 0 Å². The fourth-order valence-electron chi connectivity index (χ4n) is 4.04. The lowest BCUT2D eigenvalue weighted by atomic mass is 10.1. The molecule has 1 amide bonds. The van der Waals surface area contributed by atoms with E-state index in [1.54, 1.807) is 6.92 Å². The number of fused-ring (bicyclic) bond motifs is 2. The predicted octanol–water partition coefficient (Wildman–Crippen LogP) is 0.827. The maximum Gasteiger partial charge on any atom is 0.222 e. The molecule has 0 radical (unpaired) electrons. The number of para-hydroxylation sites is 2. The van der Waals surface area contributed by atoms with Crippen molar-refractivity contribution in [2.75, 3.05) is 13.1 Å². The zero-order valence-electron chi connectivity index (χ0n) is 17.6.